The summed E-state index contributed by atoms with van der Waals surface area (Å²) >= 11 is 0. The van der Waals surface area contributed by atoms with Crippen molar-refractivity contribution in [2.45, 2.75) is 45.3 Å². The molecule has 0 saturated heterocycles. The molecule has 0 aliphatic heterocycles. The minimum Gasteiger partial charge on any atom is -0.491 e. The van der Waals surface area contributed by atoms with E-state index in [9.17, 15) is 10.1 Å². The predicted octanol–water partition coefficient (Wildman–Crippen LogP) is 2.61. The van der Waals surface area contributed by atoms with Gasteiger partial charge in [-0.2, -0.15) is 0 Å². The summed E-state index contributed by atoms with van der Waals surface area (Å²) < 4.78 is 11.3. The van der Waals surface area contributed by atoms with E-state index in [-0.39, 0.29) is 12.6 Å². The number of rotatable bonds is 13. The van der Waals surface area contributed by atoms with E-state index in [0.717, 1.165) is 25.6 Å². The van der Waals surface area contributed by atoms with Gasteiger partial charge < -0.3 is 19.6 Å². The molecule has 7 nitrogen and oxygen atoms in total. The largest absolute Gasteiger partial charge is 0.491 e. The Hall–Kier alpha value is -1.86. The molecule has 1 fully saturated rings. The molecule has 0 aromatic heterocycles. The third-order valence-corrected chi connectivity index (χ3v) is 3.93. The Labute approximate surface area is 148 Å². The van der Waals surface area contributed by atoms with Gasteiger partial charge >= 0.3 is 0 Å². The van der Waals surface area contributed by atoms with E-state index in [1.54, 1.807) is 0 Å². The topological polar surface area (TPSA) is 82.9 Å². The molecule has 1 aliphatic rings. The van der Waals surface area contributed by atoms with Crippen molar-refractivity contribution in [1.29, 1.82) is 0 Å². The van der Waals surface area contributed by atoms with Gasteiger partial charge in [0.25, 0.3) is 5.09 Å². The average Bonchev–Trinajstić information content (AvgIpc) is 3.39. The fourth-order valence-electron chi connectivity index (χ4n) is 2.28. The molecule has 2 rings (SSSR count). The van der Waals surface area contributed by atoms with Gasteiger partial charge in [-0.1, -0.05) is 26.0 Å². The molecule has 1 aromatic rings. The highest BCUT2D eigenvalue weighted by Crippen LogP contribution is 2.28. The summed E-state index contributed by atoms with van der Waals surface area (Å²) in [6.45, 7) is 6.02. The van der Waals surface area contributed by atoms with Crippen LogP contribution in [-0.2, 0) is 16.0 Å². The number of ether oxygens (including phenoxy) is 2. The van der Waals surface area contributed by atoms with Crippen LogP contribution in [0.5, 0.6) is 5.75 Å². The molecule has 0 bridgehead atoms. The van der Waals surface area contributed by atoms with E-state index in [4.69, 9.17) is 9.47 Å². The van der Waals surface area contributed by atoms with Crippen molar-refractivity contribution in [3.63, 3.8) is 0 Å². The molecule has 0 radical (unpaired) electrons. The zero-order chi connectivity index (χ0) is 18.1. The third kappa shape index (κ3) is 8.69. The summed E-state index contributed by atoms with van der Waals surface area (Å²) in [4.78, 5) is 15.2. The lowest BCUT2D eigenvalue weighted by molar-refractivity contribution is -0.768. The van der Waals surface area contributed by atoms with Crippen molar-refractivity contribution in [1.82, 2.24) is 5.32 Å². The summed E-state index contributed by atoms with van der Waals surface area (Å²) in [5, 5.41) is 12.9. The fraction of sp³-hybridized carbons (Fsp3) is 0.667. The van der Waals surface area contributed by atoms with Crippen molar-refractivity contribution >= 4 is 0 Å². The van der Waals surface area contributed by atoms with Crippen LogP contribution in [0, 0.1) is 16.0 Å². The van der Waals surface area contributed by atoms with Crippen LogP contribution in [0.2, 0.25) is 0 Å². The first-order valence-corrected chi connectivity index (χ1v) is 8.87. The monoisotopic (exact) mass is 352 g/mol. The van der Waals surface area contributed by atoms with Gasteiger partial charge in [0.15, 0.2) is 6.10 Å². The smallest absolute Gasteiger partial charge is 0.294 e. The second-order valence-corrected chi connectivity index (χ2v) is 6.74. The first-order valence-electron chi connectivity index (χ1n) is 8.87. The van der Waals surface area contributed by atoms with Crippen LogP contribution in [0.15, 0.2) is 24.3 Å². The Balaban J connectivity index is 1.70. The van der Waals surface area contributed by atoms with Gasteiger partial charge in [0.2, 0.25) is 0 Å². The maximum atomic E-state index is 10.6. The zero-order valence-corrected chi connectivity index (χ0v) is 15.0. The second-order valence-electron chi connectivity index (χ2n) is 6.74. The van der Waals surface area contributed by atoms with Gasteiger partial charge in [-0.15, -0.1) is 10.1 Å². The Bertz CT molecular complexity index is 517. The molecule has 7 heteroatoms. The Morgan fingerprint density at radius 3 is 2.60 bits per heavy atom. The maximum absolute atomic E-state index is 10.6. The van der Waals surface area contributed by atoms with Gasteiger partial charge in [-0.05, 0) is 42.9 Å². The zero-order valence-electron chi connectivity index (χ0n) is 15.0. The molecule has 0 amide bonds. The number of benzene rings is 1. The van der Waals surface area contributed by atoms with Crippen LogP contribution in [0.3, 0.4) is 0 Å². The first-order chi connectivity index (χ1) is 12.0. The highest BCUT2D eigenvalue weighted by Gasteiger charge is 2.20. The molecular formula is C18H28N2O5. The van der Waals surface area contributed by atoms with Crippen LogP contribution in [0.4, 0.5) is 0 Å². The summed E-state index contributed by atoms with van der Waals surface area (Å²) in [7, 11) is 0. The molecule has 1 N–H and O–H groups in total. The SMILES string of the molecule is CC(C)NCC(COc1ccc(CCOCC2CC2)cc1)O[N+](=O)[O-]. The van der Waals surface area contributed by atoms with Gasteiger partial charge in [0, 0.05) is 19.2 Å². The Morgan fingerprint density at radius 1 is 1.28 bits per heavy atom. The minimum absolute atomic E-state index is 0.116. The standard InChI is InChI=1S/C18H28N2O5/c1-14(2)19-11-18(25-20(21)22)13-24-17-7-5-15(6-8-17)9-10-23-12-16-3-4-16/h5-8,14,16,18-19H,3-4,9-13H2,1-2H3. The third-order valence-electron chi connectivity index (χ3n) is 3.93. The number of hydrogen-bond donors (Lipinski definition) is 1. The normalized spacial score (nSPS) is 15.2. The van der Waals surface area contributed by atoms with Crippen molar-refractivity contribution < 1.29 is 19.4 Å². The van der Waals surface area contributed by atoms with E-state index in [1.165, 1.54) is 18.4 Å². The number of hydrogen-bond acceptors (Lipinski definition) is 6. The van der Waals surface area contributed by atoms with Crippen molar-refractivity contribution in [3.05, 3.63) is 39.9 Å². The molecule has 1 atom stereocenters. The van der Waals surface area contributed by atoms with Gasteiger partial charge in [-0.25, -0.2) is 0 Å². The van der Waals surface area contributed by atoms with Crippen LogP contribution in [0.25, 0.3) is 0 Å². The molecule has 0 spiro atoms. The Kier molecular flexibility index (Phi) is 7.94. The van der Waals surface area contributed by atoms with Crippen LogP contribution in [0.1, 0.15) is 32.3 Å². The van der Waals surface area contributed by atoms with Crippen LogP contribution >= 0.6 is 0 Å². The van der Waals surface area contributed by atoms with E-state index in [0.29, 0.717) is 12.3 Å². The molecule has 1 aromatic carbocycles. The lowest BCUT2D eigenvalue weighted by Crippen LogP contribution is -2.38. The quantitative estimate of drug-likeness (QED) is 0.334. The summed E-state index contributed by atoms with van der Waals surface area (Å²) in [5.41, 5.74) is 1.18. The fourth-order valence-corrected chi connectivity index (χ4v) is 2.28. The average molecular weight is 352 g/mol. The van der Waals surface area contributed by atoms with E-state index >= 15 is 0 Å². The van der Waals surface area contributed by atoms with Crippen molar-refractivity contribution in [2.24, 2.45) is 5.92 Å². The van der Waals surface area contributed by atoms with E-state index in [2.05, 4.69) is 10.2 Å². The van der Waals surface area contributed by atoms with Crippen LogP contribution < -0.4 is 10.1 Å². The first kappa shape index (κ1) is 19.5. The van der Waals surface area contributed by atoms with Crippen molar-refractivity contribution in [2.75, 3.05) is 26.4 Å². The highest BCUT2D eigenvalue weighted by molar-refractivity contribution is 5.27. The lowest BCUT2D eigenvalue weighted by Gasteiger charge is -2.18. The molecular weight excluding hydrogens is 324 g/mol. The van der Waals surface area contributed by atoms with E-state index in [1.807, 2.05) is 38.1 Å². The van der Waals surface area contributed by atoms with Crippen molar-refractivity contribution in [3.8, 4) is 5.75 Å². The lowest BCUT2D eigenvalue weighted by atomic mass is 10.1. The van der Waals surface area contributed by atoms with Crippen LogP contribution in [-0.4, -0.2) is 43.6 Å². The molecule has 0 heterocycles. The van der Waals surface area contributed by atoms with Gasteiger partial charge in [-0.3, -0.25) is 0 Å². The molecule has 25 heavy (non-hydrogen) atoms. The number of nitrogens with zero attached hydrogens (tertiary/aromatic N) is 1. The summed E-state index contributed by atoms with van der Waals surface area (Å²) in [6, 6.07) is 7.95. The summed E-state index contributed by atoms with van der Waals surface area (Å²) in [6.07, 6.45) is 2.84. The molecule has 1 saturated carbocycles. The second kappa shape index (κ2) is 10.2. The summed E-state index contributed by atoms with van der Waals surface area (Å²) in [5.74, 6) is 1.46. The highest BCUT2D eigenvalue weighted by atomic mass is 17.0. The minimum atomic E-state index is -0.777. The number of nitrogens with one attached hydrogen (secondary N) is 1. The van der Waals surface area contributed by atoms with Gasteiger partial charge in [0.1, 0.15) is 12.4 Å². The van der Waals surface area contributed by atoms with E-state index < -0.39 is 11.2 Å². The molecule has 1 unspecified atom stereocenters. The predicted molar refractivity (Wildman–Crippen MR) is 94.2 cm³/mol. The van der Waals surface area contributed by atoms with Gasteiger partial charge in [0.05, 0.1) is 6.61 Å². The molecule has 1 aliphatic carbocycles. The maximum Gasteiger partial charge on any atom is 0.294 e. The molecule has 140 valence electrons. The Morgan fingerprint density at radius 2 is 2.00 bits per heavy atom.